The molecule has 8 rings (SSSR count). The van der Waals surface area contributed by atoms with Crippen molar-refractivity contribution < 1.29 is 13.9 Å². The van der Waals surface area contributed by atoms with Crippen LogP contribution in [-0.2, 0) is 10.3 Å². The van der Waals surface area contributed by atoms with Crippen LogP contribution in [0.15, 0.2) is 163 Å². The number of carbonyl (C=O) groups excluding carboxylic acids is 1. The lowest BCUT2D eigenvalue weighted by molar-refractivity contribution is -0.118. The number of pyridine rings is 1. The maximum atomic E-state index is 14.3. The monoisotopic (exact) mass is 688 g/mol. The molecular weight excluding hydrogens is 648 g/mol. The topological polar surface area (TPSA) is 66.5 Å². The number of nitrogens with zero attached hydrogens (tertiary/aromatic N) is 2. The molecule has 1 saturated carbocycles. The van der Waals surface area contributed by atoms with Crippen molar-refractivity contribution in [3.63, 3.8) is 0 Å². The fraction of sp³-hybridized carbons (Fsp3) is 0.200. The van der Waals surface area contributed by atoms with E-state index in [1.807, 2.05) is 43.5 Å². The molecule has 1 fully saturated rings. The number of fused-ring (bicyclic) bond motifs is 1. The Balaban J connectivity index is 1.18. The van der Waals surface area contributed by atoms with E-state index in [2.05, 4.69) is 106 Å². The second-order valence-corrected chi connectivity index (χ2v) is 13.7. The summed E-state index contributed by atoms with van der Waals surface area (Å²) in [6.07, 6.45) is 9.34. The number of aryl methyl sites for hydroxylation is 1. The SMILES string of the molecule is Cc1cc(C2=C3CC(C(=O)NC4CCCC(Oc5ccccc5F)C4)=CC=C3N(C(c3ccccc3)(c3ccccc3)c3ccccc3)N2)ccn1. The molecule has 7 heteroatoms. The first-order chi connectivity index (χ1) is 25.5. The van der Waals surface area contributed by atoms with Crippen molar-refractivity contribution >= 4 is 11.6 Å². The third-order valence-corrected chi connectivity index (χ3v) is 10.4. The Labute approximate surface area is 304 Å². The zero-order chi connectivity index (χ0) is 35.5. The summed E-state index contributed by atoms with van der Waals surface area (Å²) in [5.74, 6) is -0.204. The van der Waals surface area contributed by atoms with Crippen molar-refractivity contribution in [1.82, 2.24) is 20.7 Å². The summed E-state index contributed by atoms with van der Waals surface area (Å²) in [6.45, 7) is 1.99. The lowest BCUT2D eigenvalue weighted by atomic mass is 9.75. The van der Waals surface area contributed by atoms with Gasteiger partial charge in [0, 0.05) is 47.5 Å². The van der Waals surface area contributed by atoms with Crippen LogP contribution >= 0.6 is 0 Å². The van der Waals surface area contributed by atoms with Crippen molar-refractivity contribution in [3.8, 4) is 5.75 Å². The van der Waals surface area contributed by atoms with Gasteiger partial charge in [-0.1, -0.05) is 109 Å². The number of hydrogen-bond acceptors (Lipinski definition) is 5. The van der Waals surface area contributed by atoms with E-state index >= 15 is 0 Å². The van der Waals surface area contributed by atoms with Gasteiger partial charge in [-0.15, -0.1) is 0 Å². The largest absolute Gasteiger partial charge is 0.487 e. The van der Waals surface area contributed by atoms with E-state index in [4.69, 9.17) is 4.74 Å². The summed E-state index contributed by atoms with van der Waals surface area (Å²) in [7, 11) is 0. The standard InChI is InChI=1S/C45H41FN4O2/c1-31-28-32(26-27-47-31)43-39-29-33(44(51)48-37-20-13-21-38(30-37)52-42-23-12-11-22-40(42)46)24-25-41(39)50(49-43)45(34-14-5-2-6-15-34,35-16-7-3-8-17-35)36-18-9-4-10-19-36/h2-12,14-19,22-28,37-38,49H,13,20-21,29-30H2,1H3,(H,48,51). The van der Waals surface area contributed by atoms with Crippen molar-refractivity contribution in [2.24, 2.45) is 0 Å². The predicted molar refractivity (Wildman–Crippen MR) is 202 cm³/mol. The molecule has 4 aromatic carbocycles. The van der Waals surface area contributed by atoms with Crippen LogP contribution in [0.1, 0.15) is 60.1 Å². The Morgan fingerprint density at radius 1 is 0.846 bits per heavy atom. The first-order valence-corrected chi connectivity index (χ1v) is 18.0. The van der Waals surface area contributed by atoms with Crippen LogP contribution in [0, 0.1) is 12.7 Å². The van der Waals surface area contributed by atoms with E-state index in [0.717, 1.165) is 64.2 Å². The number of rotatable bonds is 9. The molecule has 5 aromatic rings. The molecule has 260 valence electrons. The molecule has 52 heavy (non-hydrogen) atoms. The van der Waals surface area contributed by atoms with Gasteiger partial charge in [0.15, 0.2) is 11.6 Å². The van der Waals surface area contributed by atoms with Gasteiger partial charge in [0.25, 0.3) is 0 Å². The summed E-state index contributed by atoms with van der Waals surface area (Å²) < 4.78 is 20.4. The van der Waals surface area contributed by atoms with E-state index in [-0.39, 0.29) is 29.6 Å². The number of halogens is 1. The zero-order valence-corrected chi connectivity index (χ0v) is 29.1. The molecule has 2 N–H and O–H groups in total. The first-order valence-electron chi connectivity index (χ1n) is 18.0. The van der Waals surface area contributed by atoms with Gasteiger partial charge in [-0.25, -0.2) is 4.39 Å². The Kier molecular flexibility index (Phi) is 9.16. The van der Waals surface area contributed by atoms with Gasteiger partial charge in [0.05, 0.1) is 11.4 Å². The van der Waals surface area contributed by atoms with Crippen LogP contribution in [-0.4, -0.2) is 28.0 Å². The average Bonchev–Trinajstić information content (AvgIpc) is 3.57. The number of nitrogens with one attached hydrogen (secondary N) is 2. The number of hydrogen-bond donors (Lipinski definition) is 2. The van der Waals surface area contributed by atoms with Gasteiger partial charge in [0.2, 0.25) is 5.91 Å². The molecule has 2 aliphatic carbocycles. The summed E-state index contributed by atoms with van der Waals surface area (Å²) in [5, 5.41) is 5.59. The average molecular weight is 689 g/mol. The van der Waals surface area contributed by atoms with Gasteiger partial charge in [-0.2, -0.15) is 0 Å². The molecular formula is C45H41FN4O2. The quantitative estimate of drug-likeness (QED) is 0.152. The van der Waals surface area contributed by atoms with Gasteiger partial charge in [-0.3, -0.25) is 20.2 Å². The van der Waals surface area contributed by atoms with Crippen LogP contribution in [0.4, 0.5) is 4.39 Å². The Morgan fingerprint density at radius 3 is 2.12 bits per heavy atom. The number of para-hydroxylation sites is 1. The van der Waals surface area contributed by atoms with Crippen molar-refractivity contribution in [1.29, 1.82) is 0 Å². The number of hydrazine groups is 1. The summed E-state index contributed by atoms with van der Waals surface area (Å²) >= 11 is 0. The normalized spacial score (nSPS) is 18.5. The fourth-order valence-electron chi connectivity index (χ4n) is 7.95. The summed E-state index contributed by atoms with van der Waals surface area (Å²) in [6, 6.07) is 42.3. The van der Waals surface area contributed by atoms with Gasteiger partial charge >= 0.3 is 0 Å². The Hall–Kier alpha value is -5.95. The smallest absolute Gasteiger partial charge is 0.247 e. The minimum Gasteiger partial charge on any atom is -0.487 e. The maximum absolute atomic E-state index is 14.3. The molecule has 1 aliphatic heterocycles. The summed E-state index contributed by atoms with van der Waals surface area (Å²) in [5.41, 5.74) is 12.0. The van der Waals surface area contributed by atoms with Gasteiger partial charge in [-0.05, 0) is 73.2 Å². The zero-order valence-electron chi connectivity index (χ0n) is 29.1. The molecule has 2 heterocycles. The highest BCUT2D eigenvalue weighted by molar-refractivity contribution is 5.96. The summed E-state index contributed by atoms with van der Waals surface area (Å²) in [4.78, 5) is 18.5. The lowest BCUT2D eigenvalue weighted by Gasteiger charge is -2.45. The van der Waals surface area contributed by atoms with E-state index in [1.165, 1.54) is 6.07 Å². The number of aromatic nitrogens is 1. The van der Waals surface area contributed by atoms with Gasteiger partial charge < -0.3 is 10.1 Å². The van der Waals surface area contributed by atoms with Crippen LogP contribution in [0.2, 0.25) is 0 Å². The van der Waals surface area contributed by atoms with Crippen LogP contribution in [0.3, 0.4) is 0 Å². The van der Waals surface area contributed by atoms with Crippen LogP contribution in [0.5, 0.6) is 5.75 Å². The molecule has 2 atom stereocenters. The predicted octanol–water partition coefficient (Wildman–Crippen LogP) is 8.77. The van der Waals surface area contributed by atoms with E-state index < -0.39 is 5.54 Å². The fourth-order valence-corrected chi connectivity index (χ4v) is 7.95. The number of allylic oxidation sites excluding steroid dienone is 3. The van der Waals surface area contributed by atoms with E-state index in [0.29, 0.717) is 18.4 Å². The second-order valence-electron chi connectivity index (χ2n) is 13.7. The Bertz CT molecular complexity index is 2070. The molecule has 6 nitrogen and oxygen atoms in total. The van der Waals surface area contributed by atoms with E-state index in [9.17, 15) is 9.18 Å². The van der Waals surface area contributed by atoms with Crippen LogP contribution in [0.25, 0.3) is 5.70 Å². The van der Waals surface area contributed by atoms with E-state index in [1.54, 1.807) is 18.2 Å². The highest BCUT2D eigenvalue weighted by Gasteiger charge is 2.48. The third-order valence-electron chi connectivity index (χ3n) is 10.4. The molecule has 0 spiro atoms. The number of carbonyl (C=O) groups is 1. The van der Waals surface area contributed by atoms with Crippen molar-refractivity contribution in [2.75, 3.05) is 0 Å². The number of benzene rings is 4. The molecule has 3 aliphatic rings. The molecule has 0 bridgehead atoms. The molecule has 0 radical (unpaired) electrons. The first kappa shape index (κ1) is 33.2. The highest BCUT2D eigenvalue weighted by Crippen LogP contribution is 2.49. The highest BCUT2D eigenvalue weighted by atomic mass is 19.1. The molecule has 0 saturated heterocycles. The minimum atomic E-state index is -0.770. The van der Waals surface area contributed by atoms with Gasteiger partial charge in [0.1, 0.15) is 11.6 Å². The number of amides is 1. The molecule has 2 unspecified atom stereocenters. The maximum Gasteiger partial charge on any atom is 0.247 e. The molecule has 1 aromatic heterocycles. The van der Waals surface area contributed by atoms with Crippen molar-refractivity contribution in [2.45, 2.75) is 56.7 Å². The minimum absolute atomic E-state index is 0.0688. The van der Waals surface area contributed by atoms with Crippen molar-refractivity contribution in [3.05, 3.63) is 196 Å². The Morgan fingerprint density at radius 2 is 1.48 bits per heavy atom. The lowest BCUT2D eigenvalue weighted by Crippen LogP contribution is -2.51. The third kappa shape index (κ3) is 6.28. The molecule has 1 amide bonds. The number of ether oxygens (including phenoxy) is 1. The second kappa shape index (κ2) is 14.3. The van der Waals surface area contributed by atoms with Crippen LogP contribution < -0.4 is 15.5 Å².